The number of rotatable bonds is 7. The maximum Gasteiger partial charge on any atom is 0.272 e. The third-order valence-electron chi connectivity index (χ3n) is 5.16. The van der Waals surface area contributed by atoms with Crippen LogP contribution in [0.5, 0.6) is 0 Å². The van der Waals surface area contributed by atoms with Crippen molar-refractivity contribution in [3.05, 3.63) is 105 Å². The fraction of sp³-hybridized carbons (Fsp3) is 0.160. The molecule has 2 aromatic heterocycles. The largest absolute Gasteiger partial charge is 0.343 e. The molecule has 1 atom stereocenters. The topological polar surface area (TPSA) is 76.0 Å². The normalized spacial score (nSPS) is 11.8. The van der Waals surface area contributed by atoms with Gasteiger partial charge in [0.05, 0.1) is 6.04 Å². The van der Waals surface area contributed by atoms with E-state index in [9.17, 15) is 14.0 Å². The number of hydrogen-bond acceptors (Lipinski definition) is 5. The summed E-state index contributed by atoms with van der Waals surface area (Å²) in [7, 11) is 1.91. The standard InChI is InChI=1S/C25H23FN4O2S/c1-16(22-12-13-23(33-22)18-8-4-3-7-17(18)15-27-2)28-25(32)20-11-14-24(31)30(29-20)21-10-6-5-9-19(21)26/h3-14,16,27H,15H2,1-2H3,(H,28,32). The first-order valence-corrected chi connectivity index (χ1v) is 11.3. The molecule has 0 bridgehead atoms. The minimum Gasteiger partial charge on any atom is -0.343 e. The van der Waals surface area contributed by atoms with Gasteiger partial charge in [-0.05, 0) is 55.4 Å². The van der Waals surface area contributed by atoms with Gasteiger partial charge in [-0.1, -0.05) is 36.4 Å². The molecule has 6 nitrogen and oxygen atoms in total. The van der Waals surface area contributed by atoms with Crippen LogP contribution in [0.15, 0.2) is 77.6 Å². The van der Waals surface area contributed by atoms with Crippen LogP contribution in [0.4, 0.5) is 4.39 Å². The van der Waals surface area contributed by atoms with Crippen LogP contribution in [0.2, 0.25) is 0 Å². The number of carbonyl (C=O) groups excluding carboxylic acids is 1. The molecular formula is C25H23FN4O2S. The Morgan fingerprint density at radius 3 is 2.61 bits per heavy atom. The van der Waals surface area contributed by atoms with E-state index in [2.05, 4.69) is 27.9 Å². The Hall–Kier alpha value is -3.62. The monoisotopic (exact) mass is 462 g/mol. The first kappa shape index (κ1) is 22.6. The van der Waals surface area contributed by atoms with Gasteiger partial charge in [0.2, 0.25) is 0 Å². The molecule has 2 N–H and O–H groups in total. The molecule has 4 rings (SSSR count). The number of hydrogen-bond donors (Lipinski definition) is 2. The second-order valence-corrected chi connectivity index (χ2v) is 8.62. The van der Waals surface area contributed by atoms with Gasteiger partial charge in [0.25, 0.3) is 11.5 Å². The molecule has 8 heteroatoms. The molecule has 2 aromatic carbocycles. The average molecular weight is 463 g/mol. The van der Waals surface area contributed by atoms with E-state index in [1.807, 2.05) is 38.2 Å². The lowest BCUT2D eigenvalue weighted by atomic mass is 10.1. The van der Waals surface area contributed by atoms with Crippen molar-refractivity contribution in [1.82, 2.24) is 20.4 Å². The minimum atomic E-state index is -0.595. The van der Waals surface area contributed by atoms with Crippen molar-refractivity contribution in [3.63, 3.8) is 0 Å². The number of halogens is 1. The number of thiophene rings is 1. The molecule has 2 heterocycles. The summed E-state index contributed by atoms with van der Waals surface area (Å²) in [6, 6.07) is 20.3. The molecule has 0 radical (unpaired) electrons. The van der Waals surface area contributed by atoms with E-state index in [1.54, 1.807) is 17.4 Å². The van der Waals surface area contributed by atoms with E-state index in [4.69, 9.17) is 0 Å². The number of aromatic nitrogens is 2. The van der Waals surface area contributed by atoms with Crippen LogP contribution in [0.3, 0.4) is 0 Å². The Bertz CT molecular complexity index is 1350. The van der Waals surface area contributed by atoms with Crippen molar-refractivity contribution in [1.29, 1.82) is 0 Å². The van der Waals surface area contributed by atoms with Crippen molar-refractivity contribution in [2.45, 2.75) is 19.5 Å². The van der Waals surface area contributed by atoms with Crippen LogP contribution < -0.4 is 16.2 Å². The molecule has 0 aliphatic rings. The number of nitrogens with one attached hydrogen (secondary N) is 2. The van der Waals surface area contributed by atoms with Gasteiger partial charge in [-0.15, -0.1) is 11.3 Å². The fourth-order valence-electron chi connectivity index (χ4n) is 3.51. The van der Waals surface area contributed by atoms with E-state index >= 15 is 0 Å². The predicted molar refractivity (Wildman–Crippen MR) is 128 cm³/mol. The van der Waals surface area contributed by atoms with Crippen LogP contribution in [0.25, 0.3) is 16.1 Å². The zero-order chi connectivity index (χ0) is 23.4. The number of para-hydroxylation sites is 1. The third-order valence-corrected chi connectivity index (χ3v) is 6.47. The molecule has 33 heavy (non-hydrogen) atoms. The van der Waals surface area contributed by atoms with Gasteiger partial charge in [0.1, 0.15) is 17.2 Å². The zero-order valence-electron chi connectivity index (χ0n) is 18.2. The predicted octanol–water partition coefficient (Wildman–Crippen LogP) is 4.31. The first-order chi connectivity index (χ1) is 16.0. The van der Waals surface area contributed by atoms with Gasteiger partial charge in [-0.2, -0.15) is 9.78 Å². The smallest absolute Gasteiger partial charge is 0.272 e. The van der Waals surface area contributed by atoms with Crippen LogP contribution >= 0.6 is 11.3 Å². The third kappa shape index (κ3) is 4.92. The van der Waals surface area contributed by atoms with Crippen molar-refractivity contribution < 1.29 is 9.18 Å². The summed E-state index contributed by atoms with van der Waals surface area (Å²) >= 11 is 1.61. The molecule has 0 fully saturated rings. The molecule has 0 aliphatic heterocycles. The Morgan fingerprint density at radius 2 is 1.82 bits per heavy atom. The molecule has 1 amide bonds. The van der Waals surface area contributed by atoms with Gasteiger partial charge in [-0.25, -0.2) is 4.39 Å². The lowest BCUT2D eigenvalue weighted by Gasteiger charge is -2.13. The summed E-state index contributed by atoms with van der Waals surface area (Å²) in [5, 5.41) is 10.2. The molecule has 0 saturated carbocycles. The van der Waals surface area contributed by atoms with Crippen LogP contribution in [0.1, 0.15) is 33.9 Å². The quantitative estimate of drug-likeness (QED) is 0.429. The maximum absolute atomic E-state index is 14.1. The SMILES string of the molecule is CNCc1ccccc1-c1ccc(C(C)NC(=O)c2ccc(=O)n(-c3ccccc3F)n2)s1. The summed E-state index contributed by atoms with van der Waals surface area (Å²) < 4.78 is 15.0. The summed E-state index contributed by atoms with van der Waals surface area (Å²) in [4.78, 5) is 27.1. The Balaban J connectivity index is 1.54. The summed E-state index contributed by atoms with van der Waals surface area (Å²) in [5.74, 6) is -1.04. The Labute approximate surface area is 194 Å². The van der Waals surface area contributed by atoms with Crippen molar-refractivity contribution in [3.8, 4) is 16.1 Å². The van der Waals surface area contributed by atoms with E-state index in [-0.39, 0.29) is 17.4 Å². The summed E-state index contributed by atoms with van der Waals surface area (Å²) in [6.45, 7) is 2.65. The van der Waals surface area contributed by atoms with Crippen molar-refractivity contribution in [2.75, 3.05) is 7.05 Å². The molecular weight excluding hydrogens is 439 g/mol. The highest BCUT2D eigenvalue weighted by atomic mass is 32.1. The summed E-state index contributed by atoms with van der Waals surface area (Å²) in [5.41, 5.74) is 1.85. The maximum atomic E-state index is 14.1. The lowest BCUT2D eigenvalue weighted by molar-refractivity contribution is 0.0933. The second kappa shape index (κ2) is 9.89. The highest BCUT2D eigenvalue weighted by molar-refractivity contribution is 7.15. The summed E-state index contributed by atoms with van der Waals surface area (Å²) in [6.07, 6.45) is 0. The van der Waals surface area contributed by atoms with Crippen LogP contribution in [0, 0.1) is 5.82 Å². The number of amides is 1. The van der Waals surface area contributed by atoms with Crippen molar-refractivity contribution >= 4 is 17.2 Å². The number of carbonyl (C=O) groups is 1. The minimum absolute atomic E-state index is 0.00617. The van der Waals surface area contributed by atoms with E-state index in [0.717, 1.165) is 26.5 Å². The Kier molecular flexibility index (Phi) is 6.76. The van der Waals surface area contributed by atoms with Gasteiger partial charge in [-0.3, -0.25) is 9.59 Å². The fourth-order valence-corrected chi connectivity index (χ4v) is 4.58. The van der Waals surface area contributed by atoms with E-state index in [1.165, 1.54) is 35.9 Å². The van der Waals surface area contributed by atoms with Crippen LogP contribution in [-0.2, 0) is 6.54 Å². The first-order valence-electron chi connectivity index (χ1n) is 10.5. The molecule has 0 saturated heterocycles. The van der Waals surface area contributed by atoms with Crippen molar-refractivity contribution in [2.24, 2.45) is 0 Å². The Morgan fingerprint density at radius 1 is 1.06 bits per heavy atom. The molecule has 0 spiro atoms. The highest BCUT2D eigenvalue weighted by Crippen LogP contribution is 2.33. The average Bonchev–Trinajstić information content (AvgIpc) is 3.31. The van der Waals surface area contributed by atoms with Gasteiger partial charge < -0.3 is 10.6 Å². The van der Waals surface area contributed by atoms with Gasteiger partial charge >= 0.3 is 0 Å². The zero-order valence-corrected chi connectivity index (χ0v) is 19.0. The number of nitrogens with zero attached hydrogens (tertiary/aromatic N) is 2. The van der Waals surface area contributed by atoms with E-state index < -0.39 is 17.3 Å². The molecule has 1 unspecified atom stereocenters. The second-order valence-electron chi connectivity index (χ2n) is 7.50. The highest BCUT2D eigenvalue weighted by Gasteiger charge is 2.17. The molecule has 4 aromatic rings. The molecule has 0 aliphatic carbocycles. The van der Waals surface area contributed by atoms with Gasteiger partial charge in [0, 0.05) is 22.4 Å². The van der Waals surface area contributed by atoms with Crippen LogP contribution in [-0.4, -0.2) is 22.7 Å². The van der Waals surface area contributed by atoms with E-state index in [0.29, 0.717) is 0 Å². The number of benzene rings is 2. The molecule has 168 valence electrons. The van der Waals surface area contributed by atoms with Gasteiger partial charge in [0.15, 0.2) is 0 Å². The lowest BCUT2D eigenvalue weighted by Crippen LogP contribution is -2.30.